The van der Waals surface area contributed by atoms with Crippen molar-refractivity contribution in [2.45, 2.75) is 19.9 Å². The monoisotopic (exact) mass is 261 g/mol. The van der Waals surface area contributed by atoms with Crippen LogP contribution < -0.4 is 5.48 Å². The summed E-state index contributed by atoms with van der Waals surface area (Å²) in [4.78, 5) is 5.01. The van der Waals surface area contributed by atoms with Crippen LogP contribution in [0.2, 0.25) is 0 Å². The van der Waals surface area contributed by atoms with Gasteiger partial charge < -0.3 is 4.84 Å². The molecular weight excluding hydrogens is 249 g/mol. The summed E-state index contributed by atoms with van der Waals surface area (Å²) in [7, 11) is 0. The van der Waals surface area contributed by atoms with Crippen molar-refractivity contribution in [3.05, 3.63) is 34.1 Å². The molecule has 0 amide bonds. The largest absolute Gasteiger partial charge is 0.302 e. The van der Waals surface area contributed by atoms with E-state index in [2.05, 4.69) is 21.4 Å². The van der Waals surface area contributed by atoms with E-state index in [1.165, 1.54) is 6.07 Å². The van der Waals surface area contributed by atoms with E-state index >= 15 is 0 Å². The topological polar surface area (TPSA) is 21.3 Å². The molecule has 14 heavy (non-hydrogen) atoms. The Balaban J connectivity index is 2.77. The van der Waals surface area contributed by atoms with Gasteiger partial charge in [-0.05, 0) is 32.0 Å². The van der Waals surface area contributed by atoms with Crippen LogP contribution >= 0.6 is 15.9 Å². The van der Waals surface area contributed by atoms with Crippen LogP contribution in [0, 0.1) is 5.82 Å². The second-order valence-electron chi connectivity index (χ2n) is 2.94. The van der Waals surface area contributed by atoms with Gasteiger partial charge >= 0.3 is 0 Å². The second-order valence-corrected chi connectivity index (χ2v) is 3.85. The zero-order chi connectivity index (χ0) is 10.6. The molecule has 0 aliphatic heterocycles. The Morgan fingerprint density at radius 2 is 2.29 bits per heavy atom. The number of halogens is 2. The van der Waals surface area contributed by atoms with Gasteiger partial charge in [-0.3, -0.25) is 0 Å². The fraction of sp³-hybridized carbons (Fsp3) is 0.400. The summed E-state index contributed by atoms with van der Waals surface area (Å²) in [6.45, 7) is 4.28. The third-order valence-corrected chi connectivity index (χ3v) is 2.32. The summed E-state index contributed by atoms with van der Waals surface area (Å²) in [5, 5.41) is 0. The number of benzene rings is 1. The van der Waals surface area contributed by atoms with Crippen LogP contribution in [0.1, 0.15) is 25.5 Å². The molecule has 78 valence electrons. The summed E-state index contributed by atoms with van der Waals surface area (Å²) in [6, 6.07) is 4.69. The van der Waals surface area contributed by atoms with E-state index in [-0.39, 0.29) is 11.9 Å². The lowest BCUT2D eigenvalue weighted by molar-refractivity contribution is 0.0277. The molecule has 0 saturated carbocycles. The van der Waals surface area contributed by atoms with Gasteiger partial charge in [-0.1, -0.05) is 15.9 Å². The molecule has 0 saturated heterocycles. The van der Waals surface area contributed by atoms with Gasteiger partial charge in [0.2, 0.25) is 0 Å². The Bertz CT molecular complexity index is 306. The molecule has 0 spiro atoms. The Labute approximate surface area is 91.5 Å². The predicted molar refractivity (Wildman–Crippen MR) is 57.3 cm³/mol. The van der Waals surface area contributed by atoms with Crippen LogP contribution in [0.25, 0.3) is 0 Å². The van der Waals surface area contributed by atoms with Gasteiger partial charge in [0.05, 0.1) is 12.6 Å². The number of hydrogen-bond acceptors (Lipinski definition) is 2. The van der Waals surface area contributed by atoms with Gasteiger partial charge in [0.1, 0.15) is 5.82 Å². The van der Waals surface area contributed by atoms with Gasteiger partial charge in [-0.15, -0.1) is 0 Å². The molecule has 0 bridgehead atoms. The molecule has 1 unspecified atom stereocenters. The van der Waals surface area contributed by atoms with Crippen LogP contribution in [0.4, 0.5) is 4.39 Å². The van der Waals surface area contributed by atoms with E-state index in [0.29, 0.717) is 12.2 Å². The normalized spacial score (nSPS) is 12.9. The fourth-order valence-electron chi connectivity index (χ4n) is 1.12. The van der Waals surface area contributed by atoms with E-state index in [1.54, 1.807) is 12.1 Å². The maximum Gasteiger partial charge on any atom is 0.128 e. The first-order valence-corrected chi connectivity index (χ1v) is 5.26. The van der Waals surface area contributed by atoms with Crippen LogP contribution in [-0.4, -0.2) is 6.61 Å². The Kier molecular flexibility index (Phi) is 4.51. The summed E-state index contributed by atoms with van der Waals surface area (Å²) < 4.78 is 14.2. The zero-order valence-corrected chi connectivity index (χ0v) is 9.77. The van der Waals surface area contributed by atoms with Crippen molar-refractivity contribution in [2.75, 3.05) is 6.61 Å². The van der Waals surface area contributed by atoms with Crippen molar-refractivity contribution in [3.63, 3.8) is 0 Å². The highest BCUT2D eigenvalue weighted by Gasteiger charge is 2.10. The van der Waals surface area contributed by atoms with Gasteiger partial charge in [0.25, 0.3) is 0 Å². The highest BCUT2D eigenvalue weighted by molar-refractivity contribution is 9.10. The summed E-state index contributed by atoms with van der Waals surface area (Å²) in [5.41, 5.74) is 3.35. The molecule has 1 atom stereocenters. The Hall–Kier alpha value is -0.450. The van der Waals surface area contributed by atoms with Gasteiger partial charge in [0.15, 0.2) is 0 Å². The molecule has 0 fully saturated rings. The minimum absolute atomic E-state index is 0.160. The zero-order valence-electron chi connectivity index (χ0n) is 8.18. The molecule has 1 aromatic rings. The molecule has 1 aromatic carbocycles. The number of hydroxylamine groups is 1. The smallest absolute Gasteiger partial charge is 0.128 e. The third-order valence-electron chi connectivity index (χ3n) is 1.83. The molecule has 0 aliphatic rings. The van der Waals surface area contributed by atoms with Crippen LogP contribution in [-0.2, 0) is 4.84 Å². The molecule has 0 radical (unpaired) electrons. The molecule has 0 aromatic heterocycles. The van der Waals surface area contributed by atoms with Crippen LogP contribution in [0.5, 0.6) is 0 Å². The van der Waals surface area contributed by atoms with Crippen molar-refractivity contribution in [1.29, 1.82) is 0 Å². The lowest BCUT2D eigenvalue weighted by Gasteiger charge is -2.14. The minimum atomic E-state index is -0.229. The van der Waals surface area contributed by atoms with Crippen molar-refractivity contribution in [3.8, 4) is 0 Å². The van der Waals surface area contributed by atoms with E-state index in [9.17, 15) is 4.39 Å². The first-order valence-electron chi connectivity index (χ1n) is 4.47. The Morgan fingerprint density at radius 1 is 1.57 bits per heavy atom. The number of hydrogen-bond donors (Lipinski definition) is 1. The molecule has 0 heterocycles. The number of rotatable bonds is 4. The summed E-state index contributed by atoms with van der Waals surface area (Å²) in [5.74, 6) is -0.229. The molecule has 1 N–H and O–H groups in total. The van der Waals surface area contributed by atoms with Gasteiger partial charge in [0, 0.05) is 10.0 Å². The van der Waals surface area contributed by atoms with E-state index in [1.807, 2.05) is 13.8 Å². The quantitative estimate of drug-likeness (QED) is 0.841. The average Bonchev–Trinajstić information content (AvgIpc) is 2.18. The van der Waals surface area contributed by atoms with Crippen molar-refractivity contribution in [1.82, 2.24) is 5.48 Å². The maximum absolute atomic E-state index is 13.3. The molecule has 4 heteroatoms. The molecule has 2 nitrogen and oxygen atoms in total. The standard InChI is InChI=1S/C10H13BrFNO/c1-3-14-13-7(2)9-6-8(11)4-5-10(9)12/h4-7,13H,3H2,1-2H3. The predicted octanol–water partition coefficient (Wildman–Crippen LogP) is 3.19. The summed E-state index contributed by atoms with van der Waals surface area (Å²) in [6.07, 6.45) is 0. The van der Waals surface area contributed by atoms with E-state index in [4.69, 9.17) is 4.84 Å². The van der Waals surface area contributed by atoms with E-state index < -0.39 is 0 Å². The van der Waals surface area contributed by atoms with Crippen LogP contribution in [0.15, 0.2) is 22.7 Å². The lowest BCUT2D eigenvalue weighted by Crippen LogP contribution is -2.19. The molecule has 0 aliphatic carbocycles. The van der Waals surface area contributed by atoms with Gasteiger partial charge in [-0.25, -0.2) is 4.39 Å². The second kappa shape index (κ2) is 5.44. The lowest BCUT2D eigenvalue weighted by atomic mass is 10.1. The Morgan fingerprint density at radius 3 is 2.93 bits per heavy atom. The fourth-order valence-corrected chi connectivity index (χ4v) is 1.50. The minimum Gasteiger partial charge on any atom is -0.302 e. The average molecular weight is 262 g/mol. The summed E-state index contributed by atoms with van der Waals surface area (Å²) >= 11 is 3.30. The molecular formula is C10H13BrFNO. The number of nitrogens with one attached hydrogen (secondary N) is 1. The van der Waals surface area contributed by atoms with E-state index in [0.717, 1.165) is 4.47 Å². The maximum atomic E-state index is 13.3. The molecule has 1 rings (SSSR count). The van der Waals surface area contributed by atoms with Crippen molar-refractivity contribution < 1.29 is 9.23 Å². The SMILES string of the molecule is CCONC(C)c1cc(Br)ccc1F. The van der Waals surface area contributed by atoms with Crippen molar-refractivity contribution in [2.24, 2.45) is 0 Å². The third kappa shape index (κ3) is 3.04. The van der Waals surface area contributed by atoms with Crippen LogP contribution in [0.3, 0.4) is 0 Å². The van der Waals surface area contributed by atoms with Crippen molar-refractivity contribution >= 4 is 15.9 Å². The highest BCUT2D eigenvalue weighted by atomic mass is 79.9. The first kappa shape index (κ1) is 11.6. The highest BCUT2D eigenvalue weighted by Crippen LogP contribution is 2.21. The first-order chi connectivity index (χ1) is 6.65. The van der Waals surface area contributed by atoms with Gasteiger partial charge in [-0.2, -0.15) is 5.48 Å².